The highest BCUT2D eigenvalue weighted by Crippen LogP contribution is 2.10. The fourth-order valence-electron chi connectivity index (χ4n) is 2.62. The number of nitrogens with zero attached hydrogens (tertiary/aromatic N) is 3. The Morgan fingerprint density at radius 2 is 2.12 bits per heavy atom. The highest BCUT2D eigenvalue weighted by Gasteiger charge is 2.09. The van der Waals surface area contributed by atoms with E-state index < -0.39 is 0 Å². The molecule has 26 heavy (non-hydrogen) atoms. The molecule has 0 spiro atoms. The van der Waals surface area contributed by atoms with Crippen LogP contribution in [0.5, 0.6) is 5.88 Å². The number of nitrogens with one attached hydrogen (secondary N) is 2. The van der Waals surface area contributed by atoms with Gasteiger partial charge in [0.05, 0.1) is 26.4 Å². The zero-order valence-electron chi connectivity index (χ0n) is 15.9. The quantitative estimate of drug-likeness (QED) is 0.245. The van der Waals surface area contributed by atoms with E-state index in [1.54, 1.807) is 6.20 Å². The minimum absolute atomic E-state index is 0. The molecule has 0 aromatic carbocycles. The van der Waals surface area contributed by atoms with E-state index in [2.05, 4.69) is 32.4 Å². The van der Waals surface area contributed by atoms with Crippen LogP contribution in [0.2, 0.25) is 0 Å². The molecule has 7 nitrogen and oxygen atoms in total. The summed E-state index contributed by atoms with van der Waals surface area (Å²) in [5.41, 5.74) is 1.09. The third-order valence-electron chi connectivity index (χ3n) is 3.90. The lowest BCUT2D eigenvalue weighted by atomic mass is 10.3. The van der Waals surface area contributed by atoms with Gasteiger partial charge in [-0.1, -0.05) is 0 Å². The van der Waals surface area contributed by atoms with Gasteiger partial charge in [0, 0.05) is 38.4 Å². The van der Waals surface area contributed by atoms with Crippen molar-refractivity contribution in [1.82, 2.24) is 20.5 Å². The van der Waals surface area contributed by atoms with E-state index in [-0.39, 0.29) is 24.0 Å². The van der Waals surface area contributed by atoms with Crippen LogP contribution in [0, 0.1) is 0 Å². The van der Waals surface area contributed by atoms with Gasteiger partial charge in [0.25, 0.3) is 0 Å². The molecule has 2 rings (SSSR count). The number of hydrogen-bond acceptors (Lipinski definition) is 5. The highest BCUT2D eigenvalue weighted by molar-refractivity contribution is 14.0. The number of hydrogen-bond donors (Lipinski definition) is 2. The number of pyridine rings is 1. The molecule has 148 valence electrons. The second kappa shape index (κ2) is 14.0. The Hall–Kier alpha value is -1.13. The van der Waals surface area contributed by atoms with Gasteiger partial charge in [-0.15, -0.1) is 24.0 Å². The van der Waals surface area contributed by atoms with Crippen LogP contribution in [0.25, 0.3) is 0 Å². The summed E-state index contributed by atoms with van der Waals surface area (Å²) in [5.74, 6) is 1.50. The average Bonchev–Trinajstić information content (AvgIpc) is 2.64. The van der Waals surface area contributed by atoms with Gasteiger partial charge in [-0.05, 0) is 38.4 Å². The maximum Gasteiger partial charge on any atom is 0.213 e. The predicted molar refractivity (Wildman–Crippen MR) is 116 cm³/mol. The van der Waals surface area contributed by atoms with E-state index in [9.17, 15) is 0 Å². The van der Waals surface area contributed by atoms with Crippen LogP contribution in [-0.4, -0.2) is 68.4 Å². The fraction of sp³-hybridized carbons (Fsp3) is 0.667. The lowest BCUT2D eigenvalue weighted by Crippen LogP contribution is -2.40. The molecule has 1 saturated heterocycles. The van der Waals surface area contributed by atoms with Crippen LogP contribution in [0.15, 0.2) is 23.3 Å². The molecule has 0 saturated carbocycles. The molecule has 0 unspecified atom stereocenters. The van der Waals surface area contributed by atoms with Crippen molar-refractivity contribution in [3.05, 3.63) is 23.9 Å². The standard InChI is InChI=1S/C18H31N5O2.HI/c1-3-19-18(21-7-5-9-23-10-12-24-13-11-23)22-15-16-6-8-20-17(14-16)25-4-2;/h6,8,14H,3-5,7,9-13,15H2,1-2H3,(H2,19,21,22);1H. The Morgan fingerprint density at radius 3 is 2.85 bits per heavy atom. The van der Waals surface area contributed by atoms with Crippen molar-refractivity contribution >= 4 is 29.9 Å². The van der Waals surface area contributed by atoms with E-state index in [1.165, 1.54) is 0 Å². The van der Waals surface area contributed by atoms with Gasteiger partial charge in [0.2, 0.25) is 5.88 Å². The summed E-state index contributed by atoms with van der Waals surface area (Å²) in [5, 5.41) is 6.69. The SMILES string of the molecule is CCNC(=NCc1ccnc(OCC)c1)NCCCN1CCOCC1.I. The van der Waals surface area contributed by atoms with Crippen LogP contribution in [0.4, 0.5) is 0 Å². The maximum absolute atomic E-state index is 5.43. The molecular weight excluding hydrogens is 445 g/mol. The largest absolute Gasteiger partial charge is 0.478 e. The van der Waals surface area contributed by atoms with Gasteiger partial charge in [-0.3, -0.25) is 4.90 Å². The Labute approximate surface area is 174 Å². The number of halogens is 1. The predicted octanol–water partition coefficient (Wildman–Crippen LogP) is 1.88. The first-order valence-electron chi connectivity index (χ1n) is 9.21. The van der Waals surface area contributed by atoms with Gasteiger partial charge >= 0.3 is 0 Å². The topological polar surface area (TPSA) is 71.0 Å². The lowest BCUT2D eigenvalue weighted by Gasteiger charge is -2.26. The Balaban J connectivity index is 0.00000338. The van der Waals surface area contributed by atoms with Crippen LogP contribution in [0.3, 0.4) is 0 Å². The van der Waals surface area contributed by atoms with Crippen LogP contribution >= 0.6 is 24.0 Å². The number of ether oxygens (including phenoxy) is 2. The van der Waals surface area contributed by atoms with E-state index in [1.807, 2.05) is 19.1 Å². The number of guanidine groups is 1. The summed E-state index contributed by atoms with van der Waals surface area (Å²) in [4.78, 5) is 11.3. The molecule has 2 N–H and O–H groups in total. The normalized spacial score (nSPS) is 15.2. The van der Waals surface area contributed by atoms with Crippen LogP contribution in [-0.2, 0) is 11.3 Å². The Kier molecular flexibility index (Phi) is 12.3. The second-order valence-electron chi connectivity index (χ2n) is 5.86. The molecule has 1 aliphatic heterocycles. The molecule has 0 amide bonds. The number of aromatic nitrogens is 1. The van der Waals surface area contributed by atoms with Crippen molar-refractivity contribution in [1.29, 1.82) is 0 Å². The third-order valence-corrected chi connectivity index (χ3v) is 3.90. The molecule has 0 bridgehead atoms. The molecule has 1 aromatic rings. The van der Waals surface area contributed by atoms with Crippen molar-refractivity contribution in [2.75, 3.05) is 52.5 Å². The van der Waals surface area contributed by atoms with E-state index >= 15 is 0 Å². The summed E-state index contributed by atoms with van der Waals surface area (Å²) in [6.07, 6.45) is 2.85. The molecule has 0 radical (unpaired) electrons. The van der Waals surface area contributed by atoms with E-state index in [0.717, 1.165) is 63.9 Å². The Morgan fingerprint density at radius 1 is 1.31 bits per heavy atom. The first-order chi connectivity index (χ1) is 12.3. The highest BCUT2D eigenvalue weighted by atomic mass is 127. The number of rotatable bonds is 9. The zero-order valence-corrected chi connectivity index (χ0v) is 18.2. The molecule has 8 heteroatoms. The van der Waals surface area contributed by atoms with Crippen molar-refractivity contribution in [3.63, 3.8) is 0 Å². The number of morpholine rings is 1. The van der Waals surface area contributed by atoms with Gasteiger partial charge in [-0.25, -0.2) is 9.98 Å². The van der Waals surface area contributed by atoms with Crippen molar-refractivity contribution in [2.24, 2.45) is 4.99 Å². The molecule has 0 aliphatic carbocycles. The zero-order chi connectivity index (χ0) is 17.7. The molecule has 0 atom stereocenters. The first kappa shape index (κ1) is 22.9. The van der Waals surface area contributed by atoms with E-state index in [0.29, 0.717) is 19.0 Å². The fourth-order valence-corrected chi connectivity index (χ4v) is 2.62. The molecule has 1 aliphatic rings. The number of aliphatic imine (C=N–C) groups is 1. The van der Waals surface area contributed by atoms with Crippen LogP contribution in [0.1, 0.15) is 25.8 Å². The second-order valence-corrected chi connectivity index (χ2v) is 5.86. The minimum atomic E-state index is 0. The van der Waals surface area contributed by atoms with Gasteiger partial charge in [0.15, 0.2) is 5.96 Å². The summed E-state index contributed by atoms with van der Waals surface area (Å²) < 4.78 is 10.8. The molecular formula is C18H32IN5O2. The van der Waals surface area contributed by atoms with E-state index in [4.69, 9.17) is 9.47 Å². The van der Waals surface area contributed by atoms with Crippen LogP contribution < -0.4 is 15.4 Å². The first-order valence-corrected chi connectivity index (χ1v) is 9.21. The van der Waals surface area contributed by atoms with Crippen molar-refractivity contribution < 1.29 is 9.47 Å². The molecule has 1 fully saturated rings. The lowest BCUT2D eigenvalue weighted by molar-refractivity contribution is 0.0376. The Bertz CT molecular complexity index is 524. The summed E-state index contributed by atoms with van der Waals surface area (Å²) in [7, 11) is 0. The maximum atomic E-state index is 5.43. The van der Waals surface area contributed by atoms with Gasteiger partial charge < -0.3 is 20.1 Å². The van der Waals surface area contributed by atoms with Crippen molar-refractivity contribution in [3.8, 4) is 5.88 Å². The summed E-state index contributed by atoms with van der Waals surface area (Å²) in [6.45, 7) is 11.9. The molecule has 2 heterocycles. The smallest absolute Gasteiger partial charge is 0.213 e. The van der Waals surface area contributed by atoms with Gasteiger partial charge in [0.1, 0.15) is 0 Å². The minimum Gasteiger partial charge on any atom is -0.478 e. The van der Waals surface area contributed by atoms with Crippen molar-refractivity contribution in [2.45, 2.75) is 26.8 Å². The summed E-state index contributed by atoms with van der Waals surface area (Å²) >= 11 is 0. The average molecular weight is 477 g/mol. The van der Waals surface area contributed by atoms with Gasteiger partial charge in [-0.2, -0.15) is 0 Å². The monoisotopic (exact) mass is 477 g/mol. The molecule has 1 aromatic heterocycles. The third kappa shape index (κ3) is 9.00. The summed E-state index contributed by atoms with van der Waals surface area (Å²) in [6, 6.07) is 3.91.